The average molecular weight is 286 g/mol. The molecule has 1 aromatic rings. The molecule has 1 heterocycles. The number of hydrogen-bond donors (Lipinski definition) is 1. The van der Waals surface area contributed by atoms with Gasteiger partial charge in [-0.25, -0.2) is 0 Å². The van der Waals surface area contributed by atoms with Crippen LogP contribution < -0.4 is 5.32 Å². The highest BCUT2D eigenvalue weighted by molar-refractivity contribution is 5.96. The molecule has 0 aliphatic carbocycles. The molecule has 1 aliphatic heterocycles. The third-order valence-corrected chi connectivity index (χ3v) is 3.06. The molecule has 7 heteroatoms. The lowest BCUT2D eigenvalue weighted by Crippen LogP contribution is -2.35. The van der Waals surface area contributed by atoms with Crippen LogP contribution in [0.5, 0.6) is 0 Å². The fourth-order valence-corrected chi connectivity index (χ4v) is 2.06. The van der Waals surface area contributed by atoms with Crippen molar-refractivity contribution < 1.29 is 22.8 Å². The molecule has 1 N–H and O–H groups in total. The van der Waals surface area contributed by atoms with E-state index in [4.69, 9.17) is 0 Å². The number of rotatable bonds is 1. The van der Waals surface area contributed by atoms with Gasteiger partial charge in [0.2, 0.25) is 5.91 Å². The summed E-state index contributed by atoms with van der Waals surface area (Å²) in [6.07, 6.45) is -4.48. The summed E-state index contributed by atoms with van der Waals surface area (Å²) < 4.78 is 38.6. The number of carbonyl (C=O) groups is 2. The minimum atomic E-state index is -4.58. The molecule has 0 radical (unpaired) electrons. The number of alkyl halides is 3. The zero-order valence-corrected chi connectivity index (χ0v) is 10.5. The highest BCUT2D eigenvalue weighted by Crippen LogP contribution is 2.32. The number of hydrogen-bond acceptors (Lipinski definition) is 2. The van der Waals surface area contributed by atoms with E-state index in [-0.39, 0.29) is 37.5 Å². The van der Waals surface area contributed by atoms with Gasteiger partial charge in [-0.3, -0.25) is 9.59 Å². The van der Waals surface area contributed by atoms with E-state index in [0.717, 1.165) is 12.1 Å². The Bertz CT molecular complexity index is 529. The Labute approximate surface area is 113 Å². The van der Waals surface area contributed by atoms with Crippen LogP contribution in [0, 0.1) is 0 Å². The maximum Gasteiger partial charge on any atom is 0.417 e. The normalized spacial score (nSPS) is 16.6. The molecule has 0 aromatic heterocycles. The standard InChI is InChI=1S/C13H13F3N2O2/c14-13(15,16)10-4-2-1-3-9(10)12(20)18-7-5-11(19)17-6-8-18/h1-4H,5-8H2,(H,17,19). The summed E-state index contributed by atoms with van der Waals surface area (Å²) in [5.74, 6) is -0.904. The first-order valence-corrected chi connectivity index (χ1v) is 6.12. The van der Waals surface area contributed by atoms with E-state index in [1.54, 1.807) is 0 Å². The second-order valence-corrected chi connectivity index (χ2v) is 4.44. The van der Waals surface area contributed by atoms with E-state index in [1.807, 2.05) is 0 Å². The van der Waals surface area contributed by atoms with Crippen LogP contribution in [0.15, 0.2) is 24.3 Å². The summed E-state index contributed by atoms with van der Waals surface area (Å²) >= 11 is 0. The van der Waals surface area contributed by atoms with Crippen LogP contribution in [-0.4, -0.2) is 36.3 Å². The van der Waals surface area contributed by atoms with Crippen LogP contribution in [0.25, 0.3) is 0 Å². The number of benzene rings is 1. The summed E-state index contributed by atoms with van der Waals surface area (Å²) in [4.78, 5) is 24.7. The lowest BCUT2D eigenvalue weighted by Gasteiger charge is -2.21. The number of amides is 2. The fraction of sp³-hybridized carbons (Fsp3) is 0.385. The first-order valence-electron chi connectivity index (χ1n) is 6.12. The Hall–Kier alpha value is -2.05. The van der Waals surface area contributed by atoms with Crippen LogP contribution in [0.2, 0.25) is 0 Å². The largest absolute Gasteiger partial charge is 0.417 e. The van der Waals surface area contributed by atoms with Gasteiger partial charge in [0.15, 0.2) is 0 Å². The predicted molar refractivity (Wildman–Crippen MR) is 65.0 cm³/mol. The zero-order chi connectivity index (χ0) is 14.8. The van der Waals surface area contributed by atoms with Crippen LogP contribution in [0.4, 0.5) is 13.2 Å². The molecule has 0 atom stereocenters. The lowest BCUT2D eigenvalue weighted by atomic mass is 10.1. The molecule has 0 saturated carbocycles. The quantitative estimate of drug-likeness (QED) is 0.853. The molecule has 1 fully saturated rings. The van der Waals surface area contributed by atoms with E-state index >= 15 is 0 Å². The Kier molecular flexibility index (Phi) is 3.96. The van der Waals surface area contributed by atoms with Gasteiger partial charge in [-0.05, 0) is 12.1 Å². The van der Waals surface area contributed by atoms with Gasteiger partial charge in [0, 0.05) is 26.1 Å². The number of nitrogens with one attached hydrogen (secondary N) is 1. The number of nitrogens with zero attached hydrogens (tertiary/aromatic N) is 1. The van der Waals surface area contributed by atoms with Crippen molar-refractivity contribution in [3.8, 4) is 0 Å². The summed E-state index contributed by atoms with van der Waals surface area (Å²) in [6.45, 7) is 0.576. The summed E-state index contributed by atoms with van der Waals surface area (Å²) in [7, 11) is 0. The molecule has 108 valence electrons. The minimum Gasteiger partial charge on any atom is -0.354 e. The Morgan fingerprint density at radius 2 is 1.90 bits per heavy atom. The Morgan fingerprint density at radius 1 is 1.20 bits per heavy atom. The van der Waals surface area contributed by atoms with Crippen molar-refractivity contribution in [2.75, 3.05) is 19.6 Å². The molecule has 0 bridgehead atoms. The molecule has 1 aliphatic rings. The van der Waals surface area contributed by atoms with Gasteiger partial charge in [0.1, 0.15) is 0 Å². The van der Waals surface area contributed by atoms with E-state index in [0.29, 0.717) is 0 Å². The second-order valence-electron chi connectivity index (χ2n) is 4.44. The van der Waals surface area contributed by atoms with Crippen molar-refractivity contribution in [2.45, 2.75) is 12.6 Å². The van der Waals surface area contributed by atoms with Gasteiger partial charge in [0.05, 0.1) is 11.1 Å². The first kappa shape index (κ1) is 14.4. The maximum absolute atomic E-state index is 12.9. The van der Waals surface area contributed by atoms with Crippen LogP contribution in [0.1, 0.15) is 22.3 Å². The summed E-state index contributed by atoms with van der Waals surface area (Å²) in [6, 6.07) is 4.68. The highest BCUT2D eigenvalue weighted by atomic mass is 19.4. The molecule has 2 amide bonds. The van der Waals surface area contributed by atoms with Crippen molar-refractivity contribution in [3.05, 3.63) is 35.4 Å². The molecule has 1 aromatic carbocycles. The van der Waals surface area contributed by atoms with E-state index < -0.39 is 17.6 Å². The highest BCUT2D eigenvalue weighted by Gasteiger charge is 2.36. The van der Waals surface area contributed by atoms with Gasteiger partial charge in [-0.2, -0.15) is 13.2 Å². The van der Waals surface area contributed by atoms with Crippen LogP contribution in [-0.2, 0) is 11.0 Å². The van der Waals surface area contributed by atoms with Crippen molar-refractivity contribution in [2.24, 2.45) is 0 Å². The number of halogens is 3. The predicted octanol–water partition coefficient (Wildman–Crippen LogP) is 1.67. The third kappa shape index (κ3) is 3.09. The summed E-state index contributed by atoms with van der Waals surface area (Å²) in [5.41, 5.74) is -1.33. The second kappa shape index (κ2) is 5.52. The van der Waals surface area contributed by atoms with Gasteiger partial charge in [-0.1, -0.05) is 12.1 Å². The average Bonchev–Trinajstić information content (AvgIpc) is 2.62. The van der Waals surface area contributed by atoms with Gasteiger partial charge in [0.25, 0.3) is 5.91 Å². The van der Waals surface area contributed by atoms with Crippen molar-refractivity contribution in [1.29, 1.82) is 0 Å². The van der Waals surface area contributed by atoms with E-state index in [9.17, 15) is 22.8 Å². The molecular formula is C13H13F3N2O2. The van der Waals surface area contributed by atoms with E-state index in [2.05, 4.69) is 5.32 Å². The monoisotopic (exact) mass is 286 g/mol. The SMILES string of the molecule is O=C1CCN(C(=O)c2ccccc2C(F)(F)F)CCN1. The third-order valence-electron chi connectivity index (χ3n) is 3.06. The molecule has 0 spiro atoms. The van der Waals surface area contributed by atoms with Crippen molar-refractivity contribution in [1.82, 2.24) is 10.2 Å². The van der Waals surface area contributed by atoms with Gasteiger partial charge >= 0.3 is 6.18 Å². The molecule has 1 saturated heterocycles. The maximum atomic E-state index is 12.9. The van der Waals surface area contributed by atoms with Gasteiger partial charge < -0.3 is 10.2 Å². The van der Waals surface area contributed by atoms with Crippen LogP contribution in [0.3, 0.4) is 0 Å². The number of carbonyl (C=O) groups excluding carboxylic acids is 2. The lowest BCUT2D eigenvalue weighted by molar-refractivity contribution is -0.138. The first-order chi connectivity index (χ1) is 9.39. The zero-order valence-electron chi connectivity index (χ0n) is 10.5. The Balaban J connectivity index is 2.27. The minimum absolute atomic E-state index is 0.0971. The Morgan fingerprint density at radius 3 is 2.60 bits per heavy atom. The molecule has 0 unspecified atom stereocenters. The molecule has 20 heavy (non-hydrogen) atoms. The molecule has 2 rings (SSSR count). The van der Waals surface area contributed by atoms with E-state index in [1.165, 1.54) is 17.0 Å². The topological polar surface area (TPSA) is 49.4 Å². The van der Waals surface area contributed by atoms with Crippen molar-refractivity contribution in [3.63, 3.8) is 0 Å². The van der Waals surface area contributed by atoms with Crippen LogP contribution >= 0.6 is 0 Å². The van der Waals surface area contributed by atoms with Crippen molar-refractivity contribution >= 4 is 11.8 Å². The molecule has 4 nitrogen and oxygen atoms in total. The summed E-state index contributed by atoms with van der Waals surface area (Å²) in [5, 5.41) is 2.57. The smallest absolute Gasteiger partial charge is 0.354 e. The fourth-order valence-electron chi connectivity index (χ4n) is 2.06. The molecular weight excluding hydrogens is 273 g/mol. The van der Waals surface area contributed by atoms with Gasteiger partial charge in [-0.15, -0.1) is 0 Å².